The maximum Gasteiger partial charge on any atom is 0.0378 e. The second-order valence-corrected chi connectivity index (χ2v) is 2.25. The van der Waals surface area contributed by atoms with Crippen molar-refractivity contribution in [2.75, 3.05) is 7.05 Å². The summed E-state index contributed by atoms with van der Waals surface area (Å²) in [5.41, 5.74) is 4.03. The van der Waals surface area contributed by atoms with Gasteiger partial charge in [0.15, 0.2) is 0 Å². The molecule has 2 heteroatoms. The molecule has 1 aliphatic rings. The van der Waals surface area contributed by atoms with Crippen molar-refractivity contribution in [3.8, 4) is 0 Å². The molecule has 1 aliphatic carbocycles. The quantitative estimate of drug-likeness (QED) is 0.418. The minimum Gasteiger partial charge on any atom is -0.313 e. The Hall–Kier alpha value is -0.530. The summed E-state index contributed by atoms with van der Waals surface area (Å²) >= 11 is 0. The van der Waals surface area contributed by atoms with Crippen LogP contribution in [0.25, 0.3) is 0 Å². The molecule has 46 valence electrons. The zero-order chi connectivity index (χ0) is 5.98. The van der Waals surface area contributed by atoms with Crippen molar-refractivity contribution in [1.82, 2.24) is 5.43 Å². The van der Waals surface area contributed by atoms with Gasteiger partial charge in [0, 0.05) is 12.8 Å². The highest BCUT2D eigenvalue weighted by atomic mass is 15.3. The van der Waals surface area contributed by atoms with Crippen LogP contribution >= 0.6 is 0 Å². The number of hydrogen-bond acceptors (Lipinski definition) is 2. The van der Waals surface area contributed by atoms with E-state index < -0.39 is 0 Å². The van der Waals surface area contributed by atoms with Gasteiger partial charge in [0.2, 0.25) is 0 Å². The molecule has 0 aromatic rings. The molecule has 0 spiro atoms. The van der Waals surface area contributed by atoms with E-state index >= 15 is 0 Å². The number of hydrazone groups is 1. The van der Waals surface area contributed by atoms with Crippen molar-refractivity contribution in [2.24, 2.45) is 11.0 Å². The molecule has 0 aromatic heterocycles. The molecule has 0 radical (unpaired) electrons. The Morgan fingerprint density at radius 3 is 2.62 bits per heavy atom. The monoisotopic (exact) mass is 112 g/mol. The first-order chi connectivity index (χ1) is 3.84. The first-order valence-corrected chi connectivity index (χ1v) is 3.05. The summed E-state index contributed by atoms with van der Waals surface area (Å²) in [7, 11) is 1.84. The van der Waals surface area contributed by atoms with Gasteiger partial charge in [-0.15, -0.1) is 0 Å². The first-order valence-electron chi connectivity index (χ1n) is 3.05. The Morgan fingerprint density at radius 1 is 1.62 bits per heavy atom. The van der Waals surface area contributed by atoms with Crippen LogP contribution in [0, 0.1) is 5.92 Å². The third kappa shape index (κ3) is 1.22. The van der Waals surface area contributed by atoms with Crippen LogP contribution in [0.2, 0.25) is 0 Å². The van der Waals surface area contributed by atoms with Gasteiger partial charge < -0.3 is 5.43 Å². The molecule has 0 amide bonds. The summed E-state index contributed by atoms with van der Waals surface area (Å²) in [5, 5.41) is 4.05. The second-order valence-electron chi connectivity index (χ2n) is 2.25. The molecule has 0 aromatic carbocycles. The normalized spacial score (nSPS) is 21.0. The van der Waals surface area contributed by atoms with E-state index in [0.717, 1.165) is 5.92 Å². The van der Waals surface area contributed by atoms with Crippen LogP contribution in [-0.2, 0) is 0 Å². The zero-order valence-electron chi connectivity index (χ0n) is 5.44. The van der Waals surface area contributed by atoms with Crippen molar-refractivity contribution in [2.45, 2.75) is 19.8 Å². The van der Waals surface area contributed by atoms with Gasteiger partial charge in [-0.2, -0.15) is 5.10 Å². The zero-order valence-corrected chi connectivity index (χ0v) is 5.44. The van der Waals surface area contributed by atoms with Gasteiger partial charge in [0.1, 0.15) is 0 Å². The maximum absolute atomic E-state index is 4.05. The maximum atomic E-state index is 4.05. The lowest BCUT2D eigenvalue weighted by Gasteiger charge is -1.92. The van der Waals surface area contributed by atoms with Gasteiger partial charge in [-0.25, -0.2) is 0 Å². The minimum absolute atomic E-state index is 0.808. The van der Waals surface area contributed by atoms with Gasteiger partial charge in [-0.1, -0.05) is 0 Å². The van der Waals surface area contributed by atoms with E-state index in [4.69, 9.17) is 0 Å². The number of nitrogens with one attached hydrogen (secondary N) is 1. The fourth-order valence-corrected chi connectivity index (χ4v) is 0.769. The lowest BCUT2D eigenvalue weighted by molar-refractivity contribution is 0.883. The van der Waals surface area contributed by atoms with Crippen molar-refractivity contribution in [1.29, 1.82) is 0 Å². The number of nitrogens with zero attached hydrogens (tertiary/aromatic N) is 1. The molecule has 0 atom stereocenters. The van der Waals surface area contributed by atoms with Crippen LogP contribution in [0.4, 0.5) is 0 Å². The Kier molecular flexibility index (Phi) is 1.51. The van der Waals surface area contributed by atoms with Gasteiger partial charge in [0.25, 0.3) is 0 Å². The SMILES string of the molecule is CN/N=C(\C)C1CC1. The summed E-state index contributed by atoms with van der Waals surface area (Å²) < 4.78 is 0. The Bertz CT molecular complexity index is 103. The first kappa shape index (κ1) is 5.60. The lowest BCUT2D eigenvalue weighted by atomic mass is 10.3. The Labute approximate surface area is 50.0 Å². The van der Waals surface area contributed by atoms with E-state index in [9.17, 15) is 0 Å². The minimum atomic E-state index is 0.808. The van der Waals surface area contributed by atoms with Gasteiger partial charge in [0.05, 0.1) is 0 Å². The molecule has 1 saturated carbocycles. The van der Waals surface area contributed by atoms with E-state index in [0.29, 0.717) is 0 Å². The fraction of sp³-hybridized carbons (Fsp3) is 0.833. The summed E-state index contributed by atoms with van der Waals surface area (Å²) in [5.74, 6) is 0.808. The largest absolute Gasteiger partial charge is 0.313 e. The molecule has 0 saturated heterocycles. The molecule has 0 bridgehead atoms. The summed E-state index contributed by atoms with van der Waals surface area (Å²) in [6, 6.07) is 0. The standard InChI is InChI=1S/C6H12N2/c1-5(8-7-2)6-3-4-6/h6-7H,3-4H2,1-2H3/b8-5+. The smallest absolute Gasteiger partial charge is 0.0378 e. The third-order valence-corrected chi connectivity index (χ3v) is 1.46. The van der Waals surface area contributed by atoms with Gasteiger partial charge in [-0.05, 0) is 25.7 Å². The predicted octanol–water partition coefficient (Wildman–Crippen LogP) is 0.992. The topological polar surface area (TPSA) is 24.4 Å². The highest BCUT2D eigenvalue weighted by molar-refractivity contribution is 5.86. The van der Waals surface area contributed by atoms with Crippen molar-refractivity contribution in [3.63, 3.8) is 0 Å². The Morgan fingerprint density at radius 2 is 2.25 bits per heavy atom. The third-order valence-electron chi connectivity index (χ3n) is 1.46. The summed E-state index contributed by atoms with van der Waals surface area (Å²) in [6.07, 6.45) is 2.69. The second kappa shape index (κ2) is 2.16. The van der Waals surface area contributed by atoms with Gasteiger partial charge >= 0.3 is 0 Å². The molecule has 0 unspecified atom stereocenters. The fourth-order valence-electron chi connectivity index (χ4n) is 0.769. The van der Waals surface area contributed by atoms with Crippen molar-refractivity contribution >= 4 is 5.71 Å². The molecule has 1 fully saturated rings. The summed E-state index contributed by atoms with van der Waals surface area (Å²) in [6.45, 7) is 2.08. The van der Waals surface area contributed by atoms with Crippen LogP contribution in [0.5, 0.6) is 0 Å². The van der Waals surface area contributed by atoms with E-state index in [2.05, 4.69) is 17.5 Å². The average molecular weight is 112 g/mol. The van der Waals surface area contributed by atoms with Crippen molar-refractivity contribution < 1.29 is 0 Å². The molecular formula is C6H12N2. The van der Waals surface area contributed by atoms with E-state index in [-0.39, 0.29) is 0 Å². The molecule has 2 nitrogen and oxygen atoms in total. The highest BCUT2D eigenvalue weighted by Crippen LogP contribution is 2.29. The number of hydrogen-bond donors (Lipinski definition) is 1. The lowest BCUT2D eigenvalue weighted by Crippen LogP contribution is -2.02. The van der Waals surface area contributed by atoms with Crippen LogP contribution in [0.3, 0.4) is 0 Å². The van der Waals surface area contributed by atoms with Crippen LogP contribution in [-0.4, -0.2) is 12.8 Å². The van der Waals surface area contributed by atoms with E-state index in [1.165, 1.54) is 18.6 Å². The van der Waals surface area contributed by atoms with Gasteiger partial charge in [-0.3, -0.25) is 0 Å². The van der Waals surface area contributed by atoms with Crippen molar-refractivity contribution in [3.05, 3.63) is 0 Å². The number of rotatable bonds is 2. The molecule has 1 N–H and O–H groups in total. The van der Waals surface area contributed by atoms with Crippen LogP contribution in [0.1, 0.15) is 19.8 Å². The van der Waals surface area contributed by atoms with E-state index in [1.807, 2.05) is 7.05 Å². The van der Waals surface area contributed by atoms with Crippen LogP contribution in [0.15, 0.2) is 5.10 Å². The molecule has 1 rings (SSSR count). The molecular weight excluding hydrogens is 100 g/mol. The summed E-state index contributed by atoms with van der Waals surface area (Å²) in [4.78, 5) is 0. The highest BCUT2D eigenvalue weighted by Gasteiger charge is 2.24. The molecule has 0 heterocycles. The van der Waals surface area contributed by atoms with Crippen LogP contribution < -0.4 is 5.43 Å². The molecule has 0 aliphatic heterocycles. The predicted molar refractivity (Wildman–Crippen MR) is 34.9 cm³/mol. The average Bonchev–Trinajstić information content (AvgIpc) is 2.45. The molecule has 8 heavy (non-hydrogen) atoms. The van der Waals surface area contributed by atoms with E-state index in [1.54, 1.807) is 0 Å². The Balaban J connectivity index is 2.31.